The van der Waals surface area contributed by atoms with Gasteiger partial charge >= 0.3 is 0 Å². The molecule has 2 amide bonds. The van der Waals surface area contributed by atoms with E-state index in [9.17, 15) is 9.59 Å². The van der Waals surface area contributed by atoms with Gasteiger partial charge in [-0.15, -0.1) is 0 Å². The molecule has 0 saturated carbocycles. The van der Waals surface area contributed by atoms with Gasteiger partial charge in [0.2, 0.25) is 11.8 Å². The number of thioether (sulfide) groups is 1. The lowest BCUT2D eigenvalue weighted by molar-refractivity contribution is -0.122. The zero-order valence-electron chi connectivity index (χ0n) is 22.7. The number of hydrogen-bond acceptors (Lipinski definition) is 7. The fourth-order valence-corrected chi connectivity index (χ4v) is 3.62. The van der Waals surface area contributed by atoms with Gasteiger partial charge in [-0.05, 0) is 47.9 Å². The van der Waals surface area contributed by atoms with Gasteiger partial charge in [-0.25, -0.2) is 0 Å². The molecule has 0 aliphatic rings. The Morgan fingerprint density at radius 3 is 2.11 bits per heavy atom. The van der Waals surface area contributed by atoms with E-state index in [2.05, 4.69) is 69.8 Å². The molecule has 36 heavy (non-hydrogen) atoms. The lowest BCUT2D eigenvalue weighted by Crippen LogP contribution is -2.39. The molecule has 1 rings (SSSR count). The molecule has 2 unspecified atom stereocenters. The van der Waals surface area contributed by atoms with Crippen molar-refractivity contribution in [1.82, 2.24) is 5.32 Å². The van der Waals surface area contributed by atoms with E-state index < -0.39 is 0 Å². The average Bonchev–Trinajstić information content (AvgIpc) is 2.85. The van der Waals surface area contributed by atoms with Gasteiger partial charge in [0, 0.05) is 42.0 Å². The summed E-state index contributed by atoms with van der Waals surface area (Å²) in [5, 5.41) is 12.0. The van der Waals surface area contributed by atoms with E-state index in [0.29, 0.717) is 30.8 Å². The van der Waals surface area contributed by atoms with E-state index in [1.807, 2.05) is 18.9 Å². The zero-order valence-corrected chi connectivity index (χ0v) is 23.5. The van der Waals surface area contributed by atoms with Crippen molar-refractivity contribution in [2.45, 2.75) is 77.2 Å². The number of nitriles is 1. The maximum atomic E-state index is 12.4. The Morgan fingerprint density at radius 1 is 1.14 bits per heavy atom. The van der Waals surface area contributed by atoms with Crippen molar-refractivity contribution in [3.63, 3.8) is 0 Å². The van der Waals surface area contributed by atoms with Crippen LogP contribution in [0, 0.1) is 17.2 Å². The standard InChI is InChI=1S/C23H33N3OS.C2H5NO.CH5N.CH2O/c1-7-17(5)21(12-16(4)14-24)26-23(27)11-8-18(6)28-22-13-19(15(2)3)9-10-20(22)25;1-2(3)4;2*1-2/h9-10,13,15,17,21H,4,6-8,11-12,25H2,1-3,5H3,(H,26,27);1H3,(H2,3,4);2H2,1H3;1H2. The van der Waals surface area contributed by atoms with Crippen LogP contribution in [0.2, 0.25) is 0 Å². The van der Waals surface area contributed by atoms with Crippen molar-refractivity contribution >= 4 is 36.1 Å². The second-order valence-electron chi connectivity index (χ2n) is 8.18. The molecule has 8 nitrogen and oxygen atoms in total. The van der Waals surface area contributed by atoms with E-state index >= 15 is 0 Å². The Balaban J connectivity index is -0.00000121. The number of nitrogens with one attached hydrogen (secondary N) is 1. The topological polar surface area (TPSA) is 165 Å². The number of amides is 2. The molecule has 0 spiro atoms. The molecule has 2 atom stereocenters. The van der Waals surface area contributed by atoms with E-state index in [0.717, 1.165) is 21.9 Å². The number of nitrogens with two attached hydrogens (primary N) is 3. The van der Waals surface area contributed by atoms with Crippen LogP contribution in [0.4, 0.5) is 5.69 Å². The smallest absolute Gasteiger partial charge is 0.220 e. The van der Waals surface area contributed by atoms with Crippen LogP contribution in [0.1, 0.15) is 71.8 Å². The number of nitrogens with zero attached hydrogens (tertiary/aromatic N) is 1. The number of carbonyl (C=O) groups excluding carboxylic acids is 3. The first-order valence-electron chi connectivity index (χ1n) is 11.7. The first-order chi connectivity index (χ1) is 16.9. The number of benzene rings is 1. The summed E-state index contributed by atoms with van der Waals surface area (Å²) in [7, 11) is 1.50. The first kappa shape index (κ1) is 37.5. The molecule has 0 aliphatic heterocycles. The second kappa shape index (κ2) is 22.4. The predicted octanol–water partition coefficient (Wildman–Crippen LogP) is 4.66. The fraction of sp³-hybridized carbons (Fsp3) is 0.481. The SMILES string of the molecule is C=C(C#N)CC(NC(=O)CCC(=C)Sc1cc(C(C)C)ccc1N)C(C)CC.C=O.CC(N)=O.CN. The fourth-order valence-electron chi connectivity index (χ4n) is 2.73. The summed E-state index contributed by atoms with van der Waals surface area (Å²) in [5.41, 5.74) is 17.5. The Bertz CT molecular complexity index is 861. The van der Waals surface area contributed by atoms with E-state index in [4.69, 9.17) is 15.8 Å². The van der Waals surface area contributed by atoms with E-state index in [-0.39, 0.29) is 23.8 Å². The molecule has 0 radical (unpaired) electrons. The molecule has 9 heteroatoms. The highest BCUT2D eigenvalue weighted by atomic mass is 32.2. The maximum Gasteiger partial charge on any atom is 0.220 e. The van der Waals surface area contributed by atoms with Crippen LogP contribution in [-0.4, -0.2) is 31.7 Å². The van der Waals surface area contributed by atoms with Crippen LogP contribution in [0.25, 0.3) is 0 Å². The number of allylic oxidation sites excluding steroid dienone is 1. The van der Waals surface area contributed by atoms with Crippen LogP contribution in [0.3, 0.4) is 0 Å². The van der Waals surface area contributed by atoms with Crippen molar-refractivity contribution < 1.29 is 14.4 Å². The molecule has 1 aromatic rings. The number of anilines is 1. The Hall–Kier alpha value is -3.09. The van der Waals surface area contributed by atoms with Gasteiger partial charge in [-0.2, -0.15) is 5.26 Å². The maximum absolute atomic E-state index is 12.4. The van der Waals surface area contributed by atoms with E-state index in [1.165, 1.54) is 31.3 Å². The summed E-state index contributed by atoms with van der Waals surface area (Å²) in [4.78, 5) is 31.5. The van der Waals surface area contributed by atoms with Gasteiger partial charge in [-0.1, -0.05) is 65.1 Å². The molecule has 0 aromatic heterocycles. The quantitative estimate of drug-likeness (QED) is 0.187. The Morgan fingerprint density at radius 2 is 1.67 bits per heavy atom. The summed E-state index contributed by atoms with van der Waals surface area (Å²) in [6.07, 6.45) is 2.36. The Labute approximate surface area is 221 Å². The summed E-state index contributed by atoms with van der Waals surface area (Å²) in [6.45, 7) is 19.6. The molecular formula is C27H45N5O3S. The molecular weight excluding hydrogens is 474 g/mol. The van der Waals surface area contributed by atoms with Gasteiger partial charge in [0.25, 0.3) is 0 Å². The monoisotopic (exact) mass is 519 g/mol. The van der Waals surface area contributed by atoms with E-state index in [1.54, 1.807) is 0 Å². The molecule has 0 heterocycles. The average molecular weight is 520 g/mol. The molecule has 1 aromatic carbocycles. The molecule has 0 bridgehead atoms. The predicted molar refractivity (Wildman–Crippen MR) is 152 cm³/mol. The Kier molecular flexibility index (Phi) is 23.3. The molecule has 0 aliphatic carbocycles. The number of carbonyl (C=O) groups is 3. The highest BCUT2D eigenvalue weighted by molar-refractivity contribution is 8.03. The summed E-state index contributed by atoms with van der Waals surface area (Å²) < 4.78 is 0. The largest absolute Gasteiger partial charge is 0.398 e. The molecule has 0 saturated heterocycles. The normalized spacial score (nSPS) is 11.0. The number of nitrogen functional groups attached to an aromatic ring is 1. The van der Waals surface area contributed by atoms with Crippen molar-refractivity contribution in [1.29, 1.82) is 5.26 Å². The minimum absolute atomic E-state index is 0.0262. The van der Waals surface area contributed by atoms with Gasteiger partial charge in [-0.3, -0.25) is 9.59 Å². The van der Waals surface area contributed by atoms with Crippen LogP contribution in [-0.2, 0) is 14.4 Å². The highest BCUT2D eigenvalue weighted by Gasteiger charge is 2.19. The third-order valence-corrected chi connectivity index (χ3v) is 5.96. The summed E-state index contributed by atoms with van der Waals surface area (Å²) in [5.74, 6) is 0.353. The van der Waals surface area contributed by atoms with Crippen LogP contribution < -0.4 is 22.5 Å². The van der Waals surface area contributed by atoms with Crippen molar-refractivity contribution in [2.24, 2.45) is 17.4 Å². The summed E-state index contributed by atoms with van der Waals surface area (Å²) >= 11 is 1.53. The third-order valence-electron chi connectivity index (χ3n) is 4.89. The molecule has 0 fully saturated rings. The minimum Gasteiger partial charge on any atom is -0.398 e. The zero-order chi connectivity index (χ0) is 28.8. The third kappa shape index (κ3) is 18.3. The van der Waals surface area contributed by atoms with Crippen LogP contribution in [0.15, 0.2) is 46.7 Å². The van der Waals surface area contributed by atoms with Gasteiger partial charge < -0.3 is 27.3 Å². The van der Waals surface area contributed by atoms with Crippen LogP contribution >= 0.6 is 11.8 Å². The summed E-state index contributed by atoms with van der Waals surface area (Å²) in [6, 6.07) is 8.07. The molecule has 202 valence electrons. The van der Waals surface area contributed by atoms with Crippen molar-refractivity contribution in [3.05, 3.63) is 47.4 Å². The molecule has 7 N–H and O–H groups in total. The van der Waals surface area contributed by atoms with Gasteiger partial charge in [0.1, 0.15) is 6.79 Å². The highest BCUT2D eigenvalue weighted by Crippen LogP contribution is 2.34. The number of hydrogen-bond donors (Lipinski definition) is 4. The number of rotatable bonds is 11. The first-order valence-corrected chi connectivity index (χ1v) is 12.5. The minimum atomic E-state index is -0.333. The van der Waals surface area contributed by atoms with Crippen molar-refractivity contribution in [2.75, 3.05) is 12.8 Å². The van der Waals surface area contributed by atoms with Crippen LogP contribution in [0.5, 0.6) is 0 Å². The van der Waals surface area contributed by atoms with Crippen molar-refractivity contribution in [3.8, 4) is 6.07 Å². The lowest BCUT2D eigenvalue weighted by Gasteiger charge is -2.24. The van der Waals surface area contributed by atoms with Gasteiger partial charge in [0.15, 0.2) is 0 Å². The lowest BCUT2D eigenvalue weighted by atomic mass is 9.93. The second-order valence-corrected chi connectivity index (χ2v) is 9.40. The number of primary amides is 1. The van der Waals surface area contributed by atoms with Gasteiger partial charge in [0.05, 0.1) is 6.07 Å².